The Labute approximate surface area is 114 Å². The first-order valence-corrected chi connectivity index (χ1v) is 8.07. The Morgan fingerprint density at radius 1 is 1.42 bits per heavy atom. The third-order valence-corrected chi connectivity index (χ3v) is 3.01. The molecule has 0 unspecified atom stereocenters. The zero-order chi connectivity index (χ0) is 14.5. The maximum absolute atomic E-state index is 10.8. The number of rotatable bonds is 7. The van der Waals surface area contributed by atoms with Gasteiger partial charge < -0.3 is 4.42 Å². The van der Waals surface area contributed by atoms with E-state index in [0.717, 1.165) is 18.4 Å². The highest BCUT2D eigenvalue weighted by Gasteiger charge is 2.09. The monoisotopic (exact) mass is 287 g/mol. The van der Waals surface area contributed by atoms with E-state index in [-0.39, 0.29) is 6.61 Å². The molecule has 0 bridgehead atoms. The SMILES string of the molecule is Cc1oc(/C=C/CC(C)C)nc1CCOS(C)(=O)=O. The molecule has 1 heterocycles. The van der Waals surface area contributed by atoms with Gasteiger partial charge in [0.1, 0.15) is 5.76 Å². The predicted octanol–water partition coefficient (Wildman–Crippen LogP) is 2.56. The number of nitrogens with zero attached hydrogens (tertiary/aromatic N) is 1. The molecule has 0 radical (unpaired) electrons. The molecule has 1 aromatic heterocycles. The molecule has 0 saturated carbocycles. The Balaban J connectivity index is 2.56. The first-order chi connectivity index (χ1) is 8.78. The quantitative estimate of drug-likeness (QED) is 0.721. The summed E-state index contributed by atoms with van der Waals surface area (Å²) in [5, 5.41) is 0. The van der Waals surface area contributed by atoms with Crippen molar-refractivity contribution in [2.45, 2.75) is 33.6 Å². The van der Waals surface area contributed by atoms with E-state index >= 15 is 0 Å². The number of aryl methyl sites for hydroxylation is 1. The Morgan fingerprint density at radius 2 is 2.11 bits per heavy atom. The zero-order valence-corrected chi connectivity index (χ0v) is 12.7. The predicted molar refractivity (Wildman–Crippen MR) is 74.2 cm³/mol. The minimum Gasteiger partial charge on any atom is -0.442 e. The molecule has 0 aromatic carbocycles. The average molecular weight is 287 g/mol. The fourth-order valence-electron chi connectivity index (χ4n) is 1.48. The van der Waals surface area contributed by atoms with Crippen LogP contribution in [0.3, 0.4) is 0 Å². The van der Waals surface area contributed by atoms with Gasteiger partial charge in [0.15, 0.2) is 0 Å². The average Bonchev–Trinajstić information content (AvgIpc) is 2.57. The van der Waals surface area contributed by atoms with Crippen molar-refractivity contribution in [3.05, 3.63) is 23.4 Å². The highest BCUT2D eigenvalue weighted by molar-refractivity contribution is 7.85. The van der Waals surface area contributed by atoms with E-state index < -0.39 is 10.1 Å². The summed E-state index contributed by atoms with van der Waals surface area (Å²) in [4.78, 5) is 4.30. The van der Waals surface area contributed by atoms with Crippen molar-refractivity contribution in [1.82, 2.24) is 4.98 Å². The molecule has 0 fully saturated rings. The number of aromatic nitrogens is 1. The van der Waals surface area contributed by atoms with Crippen LogP contribution >= 0.6 is 0 Å². The van der Waals surface area contributed by atoms with E-state index in [1.807, 2.05) is 19.1 Å². The molecule has 5 nitrogen and oxygen atoms in total. The van der Waals surface area contributed by atoms with Crippen molar-refractivity contribution in [3.63, 3.8) is 0 Å². The molecule has 0 saturated heterocycles. The van der Waals surface area contributed by atoms with Crippen molar-refractivity contribution < 1.29 is 17.0 Å². The molecule has 6 heteroatoms. The van der Waals surface area contributed by atoms with Crippen LogP contribution in [0.2, 0.25) is 0 Å². The summed E-state index contributed by atoms with van der Waals surface area (Å²) in [6.45, 7) is 6.17. The number of oxazole rings is 1. The van der Waals surface area contributed by atoms with Crippen molar-refractivity contribution in [3.8, 4) is 0 Å². The van der Waals surface area contributed by atoms with Gasteiger partial charge in [0.2, 0.25) is 5.89 Å². The summed E-state index contributed by atoms with van der Waals surface area (Å²) < 4.78 is 31.8. The standard InChI is InChI=1S/C13H21NO4S/c1-10(2)6-5-7-13-14-12(11(3)18-13)8-9-17-19(4,15)16/h5,7,10H,6,8-9H2,1-4H3/b7-5+. The Kier molecular flexibility index (Phi) is 5.75. The van der Waals surface area contributed by atoms with Crippen LogP contribution in [0, 0.1) is 12.8 Å². The van der Waals surface area contributed by atoms with Gasteiger partial charge in [0.25, 0.3) is 10.1 Å². The zero-order valence-electron chi connectivity index (χ0n) is 11.8. The first kappa shape index (κ1) is 15.9. The minimum absolute atomic E-state index is 0.0847. The summed E-state index contributed by atoms with van der Waals surface area (Å²) in [6.07, 6.45) is 6.28. The largest absolute Gasteiger partial charge is 0.442 e. The van der Waals surface area contributed by atoms with Crippen molar-refractivity contribution in [1.29, 1.82) is 0 Å². The number of hydrogen-bond donors (Lipinski definition) is 0. The van der Waals surface area contributed by atoms with Crippen LogP contribution in [0.25, 0.3) is 6.08 Å². The molecule has 0 aliphatic heterocycles. The maximum atomic E-state index is 10.8. The van der Waals surface area contributed by atoms with Gasteiger partial charge in [-0.05, 0) is 25.3 Å². The molecule has 1 rings (SSSR count). The molecule has 108 valence electrons. The molecule has 0 atom stereocenters. The van der Waals surface area contributed by atoms with Gasteiger partial charge in [-0.2, -0.15) is 8.42 Å². The fraction of sp³-hybridized carbons (Fsp3) is 0.615. The third kappa shape index (κ3) is 6.54. The number of hydrogen-bond acceptors (Lipinski definition) is 5. The second-order valence-corrected chi connectivity index (χ2v) is 6.51. The van der Waals surface area contributed by atoms with E-state index in [9.17, 15) is 8.42 Å². The van der Waals surface area contributed by atoms with Gasteiger partial charge in [0.05, 0.1) is 18.6 Å². The lowest BCUT2D eigenvalue weighted by Crippen LogP contribution is -2.06. The molecule has 0 amide bonds. The molecule has 0 aliphatic carbocycles. The van der Waals surface area contributed by atoms with Crippen LogP contribution in [0.15, 0.2) is 10.5 Å². The number of allylic oxidation sites excluding steroid dienone is 1. The van der Waals surface area contributed by atoms with E-state index in [2.05, 4.69) is 23.0 Å². The van der Waals surface area contributed by atoms with Gasteiger partial charge in [-0.15, -0.1) is 0 Å². The molecule has 0 N–H and O–H groups in total. The second kappa shape index (κ2) is 6.86. The Morgan fingerprint density at radius 3 is 2.68 bits per heavy atom. The van der Waals surface area contributed by atoms with Gasteiger partial charge in [-0.3, -0.25) is 4.18 Å². The van der Waals surface area contributed by atoms with Crippen LogP contribution in [0.5, 0.6) is 0 Å². The molecule has 1 aromatic rings. The van der Waals surface area contributed by atoms with Gasteiger partial charge >= 0.3 is 0 Å². The van der Waals surface area contributed by atoms with E-state index in [1.165, 1.54) is 0 Å². The van der Waals surface area contributed by atoms with Crippen LogP contribution in [-0.2, 0) is 20.7 Å². The lowest BCUT2D eigenvalue weighted by Gasteiger charge is -1.98. The van der Waals surface area contributed by atoms with E-state index in [4.69, 9.17) is 4.42 Å². The van der Waals surface area contributed by atoms with Crippen molar-refractivity contribution >= 4 is 16.2 Å². The highest BCUT2D eigenvalue weighted by Crippen LogP contribution is 2.13. The minimum atomic E-state index is -3.40. The topological polar surface area (TPSA) is 69.4 Å². The molecular weight excluding hydrogens is 266 g/mol. The summed E-state index contributed by atoms with van der Waals surface area (Å²) in [7, 11) is -3.40. The first-order valence-electron chi connectivity index (χ1n) is 6.25. The summed E-state index contributed by atoms with van der Waals surface area (Å²) in [5.41, 5.74) is 0.729. The Hall–Kier alpha value is -1.14. The summed E-state index contributed by atoms with van der Waals surface area (Å²) in [6, 6.07) is 0. The van der Waals surface area contributed by atoms with Gasteiger partial charge in [-0.25, -0.2) is 4.98 Å². The Bertz CT molecular complexity index is 529. The van der Waals surface area contributed by atoms with Crippen molar-refractivity contribution in [2.24, 2.45) is 5.92 Å². The highest BCUT2D eigenvalue weighted by atomic mass is 32.2. The smallest absolute Gasteiger partial charge is 0.264 e. The van der Waals surface area contributed by atoms with Gasteiger partial charge in [0, 0.05) is 6.42 Å². The third-order valence-electron chi connectivity index (χ3n) is 2.41. The molecular formula is C13H21NO4S. The fourth-order valence-corrected chi connectivity index (χ4v) is 1.87. The van der Waals surface area contributed by atoms with Crippen molar-refractivity contribution in [2.75, 3.05) is 12.9 Å². The lowest BCUT2D eigenvalue weighted by atomic mass is 10.1. The van der Waals surface area contributed by atoms with Crippen LogP contribution in [0.4, 0.5) is 0 Å². The second-order valence-electron chi connectivity index (χ2n) is 4.86. The van der Waals surface area contributed by atoms with Crippen LogP contribution in [0.1, 0.15) is 37.6 Å². The molecule has 19 heavy (non-hydrogen) atoms. The lowest BCUT2D eigenvalue weighted by molar-refractivity contribution is 0.324. The van der Waals surface area contributed by atoms with Gasteiger partial charge in [-0.1, -0.05) is 19.9 Å². The molecule has 0 aliphatic rings. The summed E-state index contributed by atoms with van der Waals surface area (Å²) in [5.74, 6) is 1.84. The van der Waals surface area contributed by atoms with E-state index in [1.54, 1.807) is 0 Å². The molecule has 0 spiro atoms. The van der Waals surface area contributed by atoms with Crippen LogP contribution in [-0.4, -0.2) is 26.3 Å². The maximum Gasteiger partial charge on any atom is 0.264 e. The van der Waals surface area contributed by atoms with Crippen LogP contribution < -0.4 is 0 Å². The van der Waals surface area contributed by atoms with E-state index in [0.29, 0.717) is 24.0 Å². The summed E-state index contributed by atoms with van der Waals surface area (Å²) >= 11 is 0. The normalized spacial score (nSPS) is 12.7.